The fourth-order valence-corrected chi connectivity index (χ4v) is 4.86. The second kappa shape index (κ2) is 12.4. The molecular formula is C24H26KN5O6S. The van der Waals surface area contributed by atoms with Crippen LogP contribution in [0.2, 0.25) is 0 Å². The molecule has 0 aliphatic carbocycles. The fraction of sp³-hybridized carbons (Fsp3) is 0.292. The van der Waals surface area contributed by atoms with Crippen LogP contribution < -0.4 is 56.8 Å². The minimum atomic E-state index is -4.00. The third-order valence-corrected chi connectivity index (χ3v) is 7.21. The Hall–Kier alpha value is -1.78. The molecule has 2 N–H and O–H groups in total. The van der Waals surface area contributed by atoms with Crippen molar-refractivity contribution in [1.82, 2.24) is 19.1 Å². The van der Waals surface area contributed by atoms with E-state index < -0.39 is 10.2 Å². The van der Waals surface area contributed by atoms with Crippen molar-refractivity contribution in [3.05, 3.63) is 69.8 Å². The van der Waals surface area contributed by atoms with Gasteiger partial charge in [-0.15, -0.1) is 5.69 Å². The number of aryl methyl sites for hydroxylation is 1. The molecule has 0 bridgehead atoms. The Morgan fingerprint density at radius 3 is 2.62 bits per heavy atom. The van der Waals surface area contributed by atoms with Crippen LogP contribution in [0.5, 0.6) is 0 Å². The number of likely N-dealkylation sites (N-methyl/N-ethyl adjacent to an activating group) is 1. The first kappa shape index (κ1) is 29.8. The molecule has 1 unspecified atom stereocenters. The molecule has 3 heterocycles. The van der Waals surface area contributed by atoms with Crippen molar-refractivity contribution < 1.29 is 74.8 Å². The average Bonchev–Trinajstić information content (AvgIpc) is 3.23. The van der Waals surface area contributed by atoms with E-state index in [1.54, 1.807) is 41.2 Å². The summed E-state index contributed by atoms with van der Waals surface area (Å²) in [6.45, 7) is 1.37. The fourth-order valence-electron chi connectivity index (χ4n) is 3.98. The molecule has 1 atom stereocenters. The summed E-state index contributed by atoms with van der Waals surface area (Å²) < 4.78 is 43.3. The van der Waals surface area contributed by atoms with Crippen molar-refractivity contribution in [2.24, 2.45) is 7.05 Å². The van der Waals surface area contributed by atoms with Crippen molar-refractivity contribution in [3.8, 4) is 11.3 Å². The van der Waals surface area contributed by atoms with E-state index in [0.29, 0.717) is 52.8 Å². The summed E-state index contributed by atoms with van der Waals surface area (Å²) in [4.78, 5) is 17.9. The molecule has 0 spiro atoms. The molecule has 1 fully saturated rings. The number of ether oxygens (including phenoxy) is 2. The van der Waals surface area contributed by atoms with E-state index in [1.165, 1.54) is 13.1 Å². The first-order chi connectivity index (χ1) is 16.8. The summed E-state index contributed by atoms with van der Waals surface area (Å²) in [7, 11) is -0.740. The predicted molar refractivity (Wildman–Crippen MR) is 136 cm³/mol. The van der Waals surface area contributed by atoms with E-state index in [2.05, 4.69) is 14.8 Å². The summed E-state index contributed by atoms with van der Waals surface area (Å²) in [5, 5.41) is 5.80. The largest absolute Gasteiger partial charge is 1.00 e. The van der Waals surface area contributed by atoms with Gasteiger partial charge >= 0.3 is 51.4 Å². The molecule has 0 saturated carbocycles. The van der Waals surface area contributed by atoms with Crippen molar-refractivity contribution in [1.29, 1.82) is 0 Å². The van der Waals surface area contributed by atoms with Gasteiger partial charge in [0.15, 0.2) is 15.6 Å². The number of nitrogens with zero attached hydrogens (tertiary/aromatic N) is 5. The molecular weight excluding hydrogens is 525 g/mol. The number of rotatable bonds is 6. The van der Waals surface area contributed by atoms with Crippen LogP contribution in [0.4, 0.5) is 5.69 Å². The molecule has 0 amide bonds. The van der Waals surface area contributed by atoms with Crippen molar-refractivity contribution >= 4 is 37.6 Å². The second-order valence-electron chi connectivity index (χ2n) is 8.38. The molecule has 2 aromatic carbocycles. The molecule has 5 rings (SSSR count). The van der Waals surface area contributed by atoms with Crippen LogP contribution in [0.1, 0.15) is 0 Å². The standard InChI is InChI=1S/C24H25N5O5S.K.H2O/c1-28-8-7-22(26-28)17-11-21-23(25-13-17)6-4-16-3-5-18(12-20(16)24(21)30)27-35(31,32)29(2)14-19-15-33-9-10-34-19;;/h3-8,11-13,19H,9-10,14-15H2,1-2H3,(H,25,26,27,30);;1H2/q;+1;/p-1. The average molecular weight is 552 g/mol. The van der Waals surface area contributed by atoms with Gasteiger partial charge in [-0.05, 0) is 23.6 Å². The Bertz CT molecular complexity index is 1570. The number of hydrogen-bond acceptors (Lipinski definition) is 7. The van der Waals surface area contributed by atoms with Gasteiger partial charge in [0, 0.05) is 49.4 Å². The normalized spacial score (nSPS) is 15.8. The second-order valence-corrected chi connectivity index (χ2v) is 10.1. The van der Waals surface area contributed by atoms with E-state index in [-0.39, 0.29) is 80.6 Å². The SMILES string of the molecule is CN(CC1COCCO1)S(=O)(=O)[N-]c1ccc2ccc3ncc(-c4ccn(C)n4)cc3c(=O)c2c1.O.[K+]. The summed E-state index contributed by atoms with van der Waals surface area (Å²) >= 11 is 0. The minimum Gasteiger partial charge on any atom is -0.564 e. The van der Waals surface area contributed by atoms with Gasteiger partial charge in [-0.25, -0.2) is 12.7 Å². The summed E-state index contributed by atoms with van der Waals surface area (Å²) in [5.74, 6) is 0. The first-order valence-corrected chi connectivity index (χ1v) is 12.5. The van der Waals surface area contributed by atoms with Crippen LogP contribution in [-0.2, 0) is 26.7 Å². The third kappa shape index (κ3) is 6.62. The van der Waals surface area contributed by atoms with Crippen LogP contribution >= 0.6 is 0 Å². The Kier molecular flexibility index (Phi) is 9.96. The quantitative estimate of drug-likeness (QED) is 0.277. The summed E-state index contributed by atoms with van der Waals surface area (Å²) in [6.07, 6.45) is 3.14. The molecule has 0 radical (unpaired) electrons. The van der Waals surface area contributed by atoms with Crippen LogP contribution in [0.15, 0.2) is 59.7 Å². The molecule has 13 heteroatoms. The van der Waals surface area contributed by atoms with Crippen molar-refractivity contribution in [2.75, 3.05) is 33.4 Å². The maximum absolute atomic E-state index is 13.5. The Labute approximate surface area is 256 Å². The van der Waals surface area contributed by atoms with E-state index in [9.17, 15) is 13.2 Å². The van der Waals surface area contributed by atoms with Crippen LogP contribution in [0, 0.1) is 0 Å². The number of aromatic nitrogens is 3. The summed E-state index contributed by atoms with van der Waals surface area (Å²) in [5.41, 5.74) is 1.85. The van der Waals surface area contributed by atoms with E-state index >= 15 is 0 Å². The van der Waals surface area contributed by atoms with Crippen molar-refractivity contribution in [2.45, 2.75) is 6.10 Å². The van der Waals surface area contributed by atoms with Crippen LogP contribution in [0.25, 0.3) is 37.7 Å². The monoisotopic (exact) mass is 551 g/mol. The molecule has 37 heavy (non-hydrogen) atoms. The Morgan fingerprint density at radius 1 is 1.14 bits per heavy atom. The maximum atomic E-state index is 13.5. The van der Waals surface area contributed by atoms with Gasteiger partial charge in [-0.2, -0.15) is 5.10 Å². The molecule has 11 nitrogen and oxygen atoms in total. The zero-order valence-electron chi connectivity index (χ0n) is 20.8. The van der Waals surface area contributed by atoms with E-state index in [1.807, 2.05) is 19.3 Å². The minimum absolute atomic E-state index is 0. The number of pyridine rings is 1. The Balaban J connectivity index is 0.00000190. The third-order valence-electron chi connectivity index (χ3n) is 5.84. The van der Waals surface area contributed by atoms with Gasteiger partial charge in [0.25, 0.3) is 0 Å². The van der Waals surface area contributed by atoms with Crippen LogP contribution in [0.3, 0.4) is 0 Å². The maximum Gasteiger partial charge on any atom is 1.00 e. The molecule has 1 aliphatic heterocycles. The van der Waals surface area contributed by atoms with Gasteiger partial charge < -0.3 is 19.7 Å². The van der Waals surface area contributed by atoms with E-state index in [0.717, 1.165) is 4.31 Å². The number of benzene rings is 1. The van der Waals surface area contributed by atoms with Crippen LogP contribution in [-0.4, -0.2) is 72.5 Å². The van der Waals surface area contributed by atoms with Gasteiger partial charge in [0.2, 0.25) is 0 Å². The van der Waals surface area contributed by atoms with Crippen molar-refractivity contribution in [3.63, 3.8) is 0 Å². The molecule has 2 aromatic heterocycles. The smallest absolute Gasteiger partial charge is 0.564 e. The molecule has 4 aromatic rings. The molecule has 1 saturated heterocycles. The molecule has 1 aliphatic rings. The predicted octanol–water partition coefficient (Wildman–Crippen LogP) is -1.07. The number of hydrogen-bond donors (Lipinski definition) is 0. The topological polar surface area (TPSA) is 149 Å². The van der Waals surface area contributed by atoms with E-state index in [4.69, 9.17) is 9.47 Å². The Morgan fingerprint density at radius 2 is 1.92 bits per heavy atom. The molecule has 190 valence electrons. The van der Waals surface area contributed by atoms with Gasteiger partial charge in [-0.1, -0.05) is 24.3 Å². The van der Waals surface area contributed by atoms with Gasteiger partial charge in [0.1, 0.15) is 0 Å². The summed E-state index contributed by atoms with van der Waals surface area (Å²) in [6, 6.07) is 11.9. The number of fused-ring (bicyclic) bond motifs is 2. The zero-order chi connectivity index (χ0) is 24.6. The zero-order valence-corrected chi connectivity index (χ0v) is 24.7. The van der Waals surface area contributed by atoms with Gasteiger partial charge in [-0.3, -0.25) is 14.5 Å². The van der Waals surface area contributed by atoms with Gasteiger partial charge in [0.05, 0.1) is 37.1 Å². The first-order valence-electron chi connectivity index (χ1n) is 11.1.